The summed E-state index contributed by atoms with van der Waals surface area (Å²) in [7, 11) is 1.51. The number of rotatable bonds is 6. The van der Waals surface area contributed by atoms with E-state index in [0.29, 0.717) is 12.3 Å². The summed E-state index contributed by atoms with van der Waals surface area (Å²) in [6.45, 7) is 0.273. The van der Waals surface area contributed by atoms with Crippen LogP contribution in [-0.4, -0.2) is 44.2 Å². The number of amides is 2. The number of alkyl carbamates (subject to hydrolysis) is 1. The minimum absolute atomic E-state index is 0.154. The second-order valence-corrected chi connectivity index (χ2v) is 4.84. The SMILES string of the molecule is COC1=NOC(CNC(=O)CNC(=O)OCc2ccccc2)C1. The van der Waals surface area contributed by atoms with Gasteiger partial charge in [-0.2, -0.15) is 0 Å². The Morgan fingerprint density at radius 3 is 2.78 bits per heavy atom. The van der Waals surface area contributed by atoms with Gasteiger partial charge in [0.1, 0.15) is 6.61 Å². The number of nitrogens with one attached hydrogen (secondary N) is 2. The van der Waals surface area contributed by atoms with E-state index >= 15 is 0 Å². The lowest BCUT2D eigenvalue weighted by Gasteiger charge is -2.10. The Bertz CT molecular complexity index is 561. The van der Waals surface area contributed by atoms with Crippen molar-refractivity contribution < 1.29 is 23.9 Å². The van der Waals surface area contributed by atoms with Crippen LogP contribution in [0, 0.1) is 0 Å². The zero-order chi connectivity index (χ0) is 16.5. The highest BCUT2D eigenvalue weighted by atomic mass is 16.7. The molecule has 0 aromatic heterocycles. The molecule has 0 bridgehead atoms. The first-order valence-electron chi connectivity index (χ1n) is 7.15. The lowest BCUT2D eigenvalue weighted by molar-refractivity contribution is -0.120. The molecule has 0 saturated carbocycles. The Morgan fingerprint density at radius 2 is 2.09 bits per heavy atom. The Labute approximate surface area is 133 Å². The molecule has 1 atom stereocenters. The minimum Gasteiger partial charge on any atom is -0.482 e. The van der Waals surface area contributed by atoms with E-state index in [1.807, 2.05) is 30.3 Å². The zero-order valence-corrected chi connectivity index (χ0v) is 12.8. The molecular formula is C15H19N3O5. The predicted octanol–water partition coefficient (Wildman–Crippen LogP) is 0.778. The third kappa shape index (κ3) is 5.85. The van der Waals surface area contributed by atoms with Crippen LogP contribution >= 0.6 is 0 Å². The summed E-state index contributed by atoms with van der Waals surface area (Å²) in [5, 5.41) is 8.71. The molecule has 1 aliphatic heterocycles. The number of hydrogen-bond donors (Lipinski definition) is 2. The number of benzene rings is 1. The standard InChI is InChI=1S/C15H19N3O5/c1-21-14-7-12(23-18-14)8-16-13(19)9-17-15(20)22-10-11-5-3-2-4-6-11/h2-6,12H,7-10H2,1H3,(H,16,19)(H,17,20). The zero-order valence-electron chi connectivity index (χ0n) is 12.8. The molecule has 0 aliphatic carbocycles. The summed E-state index contributed by atoms with van der Waals surface area (Å²) in [6, 6.07) is 9.28. The van der Waals surface area contributed by atoms with E-state index in [1.165, 1.54) is 7.11 Å². The van der Waals surface area contributed by atoms with Gasteiger partial charge in [-0.15, -0.1) is 0 Å². The Hall–Kier alpha value is -2.77. The summed E-state index contributed by atoms with van der Waals surface area (Å²) < 4.78 is 9.92. The topological polar surface area (TPSA) is 98.3 Å². The van der Waals surface area contributed by atoms with Crippen molar-refractivity contribution in [2.75, 3.05) is 20.2 Å². The molecule has 2 rings (SSSR count). The highest BCUT2D eigenvalue weighted by molar-refractivity contribution is 5.82. The summed E-state index contributed by atoms with van der Waals surface area (Å²) in [6.07, 6.45) is -0.395. The molecule has 0 spiro atoms. The molecule has 1 unspecified atom stereocenters. The van der Waals surface area contributed by atoms with Crippen molar-refractivity contribution in [2.24, 2.45) is 5.16 Å². The second kappa shape index (κ2) is 8.62. The van der Waals surface area contributed by atoms with Crippen LogP contribution in [0.15, 0.2) is 35.5 Å². The van der Waals surface area contributed by atoms with Gasteiger partial charge in [0.15, 0.2) is 6.10 Å². The summed E-state index contributed by atoms with van der Waals surface area (Å²) in [5.74, 6) is 0.156. The van der Waals surface area contributed by atoms with E-state index in [9.17, 15) is 9.59 Å². The van der Waals surface area contributed by atoms with Crippen molar-refractivity contribution in [2.45, 2.75) is 19.1 Å². The molecule has 1 aromatic carbocycles. The fourth-order valence-corrected chi connectivity index (χ4v) is 1.85. The van der Waals surface area contributed by atoms with Gasteiger partial charge in [0, 0.05) is 0 Å². The third-order valence-corrected chi connectivity index (χ3v) is 3.07. The van der Waals surface area contributed by atoms with Gasteiger partial charge in [-0.05, 0) is 5.56 Å². The van der Waals surface area contributed by atoms with Crippen molar-refractivity contribution in [1.29, 1.82) is 0 Å². The summed E-state index contributed by atoms with van der Waals surface area (Å²) in [4.78, 5) is 28.2. The van der Waals surface area contributed by atoms with Crippen LogP contribution in [-0.2, 0) is 25.7 Å². The van der Waals surface area contributed by atoms with Gasteiger partial charge in [-0.1, -0.05) is 35.5 Å². The Kier molecular flexibility index (Phi) is 6.22. The molecule has 1 aliphatic rings. The van der Waals surface area contributed by atoms with Crippen molar-refractivity contribution in [3.63, 3.8) is 0 Å². The van der Waals surface area contributed by atoms with E-state index in [-0.39, 0.29) is 31.7 Å². The maximum absolute atomic E-state index is 11.6. The molecule has 2 N–H and O–H groups in total. The number of carbonyl (C=O) groups is 2. The van der Waals surface area contributed by atoms with Gasteiger partial charge in [-0.25, -0.2) is 4.79 Å². The minimum atomic E-state index is -0.647. The van der Waals surface area contributed by atoms with E-state index < -0.39 is 6.09 Å². The predicted molar refractivity (Wildman–Crippen MR) is 81.6 cm³/mol. The maximum atomic E-state index is 11.6. The highest BCUT2D eigenvalue weighted by Crippen LogP contribution is 2.09. The largest absolute Gasteiger partial charge is 0.482 e. The van der Waals surface area contributed by atoms with Crippen molar-refractivity contribution >= 4 is 17.9 Å². The lowest BCUT2D eigenvalue weighted by Crippen LogP contribution is -2.40. The Morgan fingerprint density at radius 1 is 1.30 bits per heavy atom. The first kappa shape index (κ1) is 16.6. The fourth-order valence-electron chi connectivity index (χ4n) is 1.85. The van der Waals surface area contributed by atoms with Crippen LogP contribution in [0.2, 0.25) is 0 Å². The van der Waals surface area contributed by atoms with Crippen LogP contribution in [0.4, 0.5) is 4.79 Å². The van der Waals surface area contributed by atoms with Crippen LogP contribution in [0.3, 0.4) is 0 Å². The third-order valence-electron chi connectivity index (χ3n) is 3.07. The number of nitrogens with zero attached hydrogens (tertiary/aromatic N) is 1. The molecule has 124 valence electrons. The van der Waals surface area contributed by atoms with Crippen molar-refractivity contribution in [1.82, 2.24) is 10.6 Å². The highest BCUT2D eigenvalue weighted by Gasteiger charge is 2.22. The smallest absolute Gasteiger partial charge is 0.407 e. The molecule has 23 heavy (non-hydrogen) atoms. The number of carbonyl (C=O) groups excluding carboxylic acids is 2. The number of oxime groups is 1. The van der Waals surface area contributed by atoms with Gasteiger partial charge < -0.3 is 24.9 Å². The van der Waals surface area contributed by atoms with Gasteiger partial charge in [0.05, 0.1) is 26.6 Å². The van der Waals surface area contributed by atoms with Crippen LogP contribution in [0.1, 0.15) is 12.0 Å². The number of hydrogen-bond acceptors (Lipinski definition) is 6. The fraction of sp³-hybridized carbons (Fsp3) is 0.400. The van der Waals surface area contributed by atoms with Gasteiger partial charge in [0.25, 0.3) is 0 Å². The monoisotopic (exact) mass is 321 g/mol. The molecule has 0 saturated heterocycles. The molecule has 8 heteroatoms. The molecule has 2 amide bonds. The van der Waals surface area contributed by atoms with Crippen LogP contribution < -0.4 is 10.6 Å². The van der Waals surface area contributed by atoms with E-state index in [1.54, 1.807) is 0 Å². The molecule has 8 nitrogen and oxygen atoms in total. The quantitative estimate of drug-likeness (QED) is 0.807. The van der Waals surface area contributed by atoms with Crippen molar-refractivity contribution in [3.8, 4) is 0 Å². The lowest BCUT2D eigenvalue weighted by atomic mass is 10.2. The van der Waals surface area contributed by atoms with E-state index in [0.717, 1.165) is 5.56 Å². The molecule has 0 radical (unpaired) electrons. The number of ether oxygens (including phenoxy) is 2. The molecular weight excluding hydrogens is 302 g/mol. The first-order chi connectivity index (χ1) is 11.2. The molecule has 1 aromatic rings. The van der Waals surface area contributed by atoms with Crippen LogP contribution in [0.5, 0.6) is 0 Å². The van der Waals surface area contributed by atoms with Gasteiger partial charge in [-0.3, -0.25) is 4.79 Å². The Balaban J connectivity index is 1.56. The van der Waals surface area contributed by atoms with Gasteiger partial charge in [0.2, 0.25) is 11.8 Å². The maximum Gasteiger partial charge on any atom is 0.407 e. The summed E-state index contributed by atoms with van der Waals surface area (Å²) in [5.41, 5.74) is 0.874. The normalized spacial score (nSPS) is 16.0. The molecule has 1 heterocycles. The van der Waals surface area contributed by atoms with Gasteiger partial charge >= 0.3 is 6.09 Å². The first-order valence-corrected chi connectivity index (χ1v) is 7.15. The van der Waals surface area contributed by atoms with Crippen molar-refractivity contribution in [3.05, 3.63) is 35.9 Å². The average Bonchev–Trinajstić information content (AvgIpc) is 3.05. The average molecular weight is 321 g/mol. The molecule has 0 fully saturated rings. The van der Waals surface area contributed by atoms with E-state index in [2.05, 4.69) is 15.8 Å². The van der Waals surface area contributed by atoms with Crippen LogP contribution in [0.25, 0.3) is 0 Å². The van der Waals surface area contributed by atoms with E-state index in [4.69, 9.17) is 14.3 Å². The second-order valence-electron chi connectivity index (χ2n) is 4.84. The summed E-state index contributed by atoms with van der Waals surface area (Å²) >= 11 is 0. The number of methoxy groups -OCH3 is 1.